The summed E-state index contributed by atoms with van der Waals surface area (Å²) in [5, 5.41) is 0.785. The number of anilines is 1. The van der Waals surface area contributed by atoms with Crippen LogP contribution in [0.2, 0.25) is 0 Å². The molecule has 32 heavy (non-hydrogen) atoms. The number of hydrogen-bond acceptors (Lipinski definition) is 5. The van der Waals surface area contributed by atoms with E-state index in [1.807, 2.05) is 0 Å². The van der Waals surface area contributed by atoms with Crippen LogP contribution in [0.1, 0.15) is 58.0 Å². The van der Waals surface area contributed by atoms with E-state index in [0.717, 1.165) is 41.5 Å². The van der Waals surface area contributed by atoms with E-state index in [0.29, 0.717) is 43.1 Å². The molecule has 1 saturated heterocycles. The van der Waals surface area contributed by atoms with E-state index in [2.05, 4.69) is 9.97 Å². The number of alkyl halides is 3. The molecule has 166 valence electrons. The molecular weight excluding hydrogens is 421 g/mol. The van der Waals surface area contributed by atoms with E-state index in [4.69, 9.17) is 10.5 Å². The fourth-order valence-corrected chi connectivity index (χ4v) is 4.55. The van der Waals surface area contributed by atoms with Gasteiger partial charge in [0.2, 0.25) is 0 Å². The Morgan fingerprint density at radius 2 is 1.88 bits per heavy atom. The minimum absolute atomic E-state index is 0.249. The van der Waals surface area contributed by atoms with Gasteiger partial charge in [-0.3, -0.25) is 4.79 Å². The number of nitrogen functional groups attached to an aromatic ring is 1. The van der Waals surface area contributed by atoms with Crippen LogP contribution in [0.5, 0.6) is 0 Å². The third kappa shape index (κ3) is 3.56. The van der Waals surface area contributed by atoms with Crippen LogP contribution in [0, 0.1) is 0 Å². The van der Waals surface area contributed by atoms with E-state index in [1.165, 1.54) is 18.3 Å². The van der Waals surface area contributed by atoms with Crippen molar-refractivity contribution in [2.75, 3.05) is 12.3 Å². The minimum Gasteiger partial charge on any atom is -0.383 e. The van der Waals surface area contributed by atoms with E-state index in [-0.39, 0.29) is 17.6 Å². The van der Waals surface area contributed by atoms with Crippen molar-refractivity contribution in [1.82, 2.24) is 14.9 Å². The number of pyridine rings is 2. The van der Waals surface area contributed by atoms with Gasteiger partial charge in [0.25, 0.3) is 5.91 Å². The van der Waals surface area contributed by atoms with Crippen LogP contribution in [0.15, 0.2) is 36.5 Å². The summed E-state index contributed by atoms with van der Waals surface area (Å²) in [5.41, 5.74) is 8.63. The van der Waals surface area contributed by atoms with Crippen molar-refractivity contribution in [3.8, 4) is 0 Å². The number of likely N-dealkylation sites (tertiary alicyclic amines) is 1. The zero-order valence-corrected chi connectivity index (χ0v) is 17.2. The van der Waals surface area contributed by atoms with Gasteiger partial charge in [-0.1, -0.05) is 12.1 Å². The van der Waals surface area contributed by atoms with Gasteiger partial charge in [-0.25, -0.2) is 9.97 Å². The second-order valence-corrected chi connectivity index (χ2v) is 8.16. The van der Waals surface area contributed by atoms with Gasteiger partial charge in [0.05, 0.1) is 36.5 Å². The molecule has 1 amide bonds. The van der Waals surface area contributed by atoms with Crippen LogP contribution >= 0.6 is 0 Å². The first-order valence-corrected chi connectivity index (χ1v) is 10.5. The quantitative estimate of drug-likeness (QED) is 0.626. The van der Waals surface area contributed by atoms with Gasteiger partial charge in [0, 0.05) is 17.5 Å². The van der Waals surface area contributed by atoms with Crippen molar-refractivity contribution < 1.29 is 22.7 Å². The number of fused-ring (bicyclic) bond motifs is 3. The van der Waals surface area contributed by atoms with Crippen molar-refractivity contribution in [3.05, 3.63) is 64.5 Å². The Kier molecular flexibility index (Phi) is 5.00. The highest BCUT2D eigenvalue weighted by molar-refractivity contribution is 5.97. The number of carbonyl (C=O) groups is 1. The van der Waals surface area contributed by atoms with Gasteiger partial charge in [-0.05, 0) is 48.6 Å². The molecule has 0 saturated carbocycles. The SMILES string of the molecule is Nc1nc2cnc(C(=O)N3CCCC[C@@H]3c3ccc(C(F)(F)F)cc3)cc2c2c1COC2. The number of aromatic nitrogens is 2. The third-order valence-electron chi connectivity index (χ3n) is 6.22. The molecule has 0 aliphatic carbocycles. The van der Waals surface area contributed by atoms with Gasteiger partial charge in [-0.2, -0.15) is 13.2 Å². The molecule has 4 heterocycles. The lowest BCUT2D eigenvalue weighted by molar-refractivity contribution is -0.137. The number of ether oxygens (including phenoxy) is 1. The summed E-state index contributed by atoms with van der Waals surface area (Å²) in [6, 6.07) is 6.49. The summed E-state index contributed by atoms with van der Waals surface area (Å²) < 4.78 is 44.3. The molecule has 0 bridgehead atoms. The molecule has 0 radical (unpaired) electrons. The summed E-state index contributed by atoms with van der Waals surface area (Å²) in [6.07, 6.45) is -0.440. The number of nitrogens with zero attached hydrogens (tertiary/aromatic N) is 3. The minimum atomic E-state index is -4.39. The smallest absolute Gasteiger partial charge is 0.383 e. The Balaban J connectivity index is 1.48. The van der Waals surface area contributed by atoms with Crippen molar-refractivity contribution in [1.29, 1.82) is 0 Å². The molecule has 6 nitrogen and oxygen atoms in total. The Hall–Kier alpha value is -3.20. The molecule has 2 aliphatic rings. The van der Waals surface area contributed by atoms with Crippen molar-refractivity contribution >= 4 is 22.6 Å². The maximum Gasteiger partial charge on any atom is 0.416 e. The summed E-state index contributed by atoms with van der Waals surface area (Å²) in [4.78, 5) is 23.8. The summed E-state index contributed by atoms with van der Waals surface area (Å²) in [7, 11) is 0. The van der Waals surface area contributed by atoms with E-state index in [9.17, 15) is 18.0 Å². The average molecular weight is 442 g/mol. The highest BCUT2D eigenvalue weighted by Crippen LogP contribution is 2.36. The van der Waals surface area contributed by atoms with Crippen LogP contribution in [0.4, 0.5) is 19.0 Å². The number of amides is 1. The molecule has 0 unspecified atom stereocenters. The largest absolute Gasteiger partial charge is 0.416 e. The topological polar surface area (TPSA) is 81.3 Å². The lowest BCUT2D eigenvalue weighted by Crippen LogP contribution is -2.39. The lowest BCUT2D eigenvalue weighted by atomic mass is 9.94. The molecule has 9 heteroatoms. The second kappa shape index (κ2) is 7.74. The number of rotatable bonds is 2. The van der Waals surface area contributed by atoms with Gasteiger partial charge in [0.1, 0.15) is 11.5 Å². The van der Waals surface area contributed by atoms with Gasteiger partial charge >= 0.3 is 6.18 Å². The molecular formula is C23H21F3N4O2. The zero-order valence-electron chi connectivity index (χ0n) is 17.2. The highest BCUT2D eigenvalue weighted by Gasteiger charge is 2.33. The molecule has 1 aromatic carbocycles. The van der Waals surface area contributed by atoms with E-state index in [1.54, 1.807) is 11.0 Å². The van der Waals surface area contributed by atoms with Gasteiger partial charge in [0.15, 0.2) is 0 Å². The first kappa shape index (κ1) is 20.7. The number of nitrogens with two attached hydrogens (primary N) is 1. The highest BCUT2D eigenvalue weighted by atomic mass is 19.4. The molecule has 2 aromatic heterocycles. The predicted molar refractivity (Wildman–Crippen MR) is 112 cm³/mol. The first-order valence-electron chi connectivity index (χ1n) is 10.5. The Bertz CT molecular complexity index is 1190. The van der Waals surface area contributed by atoms with Crippen LogP contribution in [-0.4, -0.2) is 27.3 Å². The van der Waals surface area contributed by atoms with Crippen LogP contribution in [-0.2, 0) is 24.1 Å². The van der Waals surface area contributed by atoms with E-state index >= 15 is 0 Å². The number of halogens is 3. The fraction of sp³-hybridized carbons (Fsp3) is 0.348. The Morgan fingerprint density at radius 3 is 2.62 bits per heavy atom. The monoisotopic (exact) mass is 442 g/mol. The summed E-state index contributed by atoms with van der Waals surface area (Å²) >= 11 is 0. The standard InChI is InChI=1S/C23H21F3N4O2/c24-23(25,26)14-6-4-13(5-7-14)20-3-1-2-8-30(20)22(31)18-9-15-16-11-32-12-17(16)21(27)29-19(15)10-28-18/h4-7,9-10,20H,1-3,8,11-12H2,(H2,27,29)/t20-/m1/s1. The number of benzene rings is 1. The van der Waals surface area contributed by atoms with Crippen molar-refractivity contribution in [3.63, 3.8) is 0 Å². The molecule has 2 N–H and O–H groups in total. The summed E-state index contributed by atoms with van der Waals surface area (Å²) in [6.45, 7) is 1.30. The van der Waals surface area contributed by atoms with Crippen LogP contribution in [0.25, 0.3) is 10.9 Å². The molecule has 1 atom stereocenters. The lowest BCUT2D eigenvalue weighted by Gasteiger charge is -2.36. The number of piperidine rings is 1. The van der Waals surface area contributed by atoms with Crippen molar-refractivity contribution in [2.45, 2.75) is 44.7 Å². The molecule has 3 aromatic rings. The average Bonchev–Trinajstić information content (AvgIpc) is 3.29. The van der Waals surface area contributed by atoms with E-state index < -0.39 is 11.7 Å². The zero-order chi connectivity index (χ0) is 22.5. The normalized spacial score (nSPS) is 18.7. The van der Waals surface area contributed by atoms with Crippen LogP contribution in [0.3, 0.4) is 0 Å². The fourth-order valence-electron chi connectivity index (χ4n) is 4.55. The predicted octanol–water partition coefficient (Wildman–Crippen LogP) is 4.63. The molecule has 5 rings (SSSR count). The van der Waals surface area contributed by atoms with Gasteiger partial charge in [-0.15, -0.1) is 0 Å². The first-order chi connectivity index (χ1) is 15.3. The Morgan fingerprint density at radius 1 is 1.12 bits per heavy atom. The van der Waals surface area contributed by atoms with Crippen LogP contribution < -0.4 is 5.73 Å². The maximum atomic E-state index is 13.4. The third-order valence-corrected chi connectivity index (χ3v) is 6.22. The van der Waals surface area contributed by atoms with Gasteiger partial charge < -0.3 is 15.4 Å². The number of carbonyl (C=O) groups excluding carboxylic acids is 1. The Labute approximate surface area is 182 Å². The molecule has 0 spiro atoms. The van der Waals surface area contributed by atoms with Crippen molar-refractivity contribution in [2.24, 2.45) is 0 Å². The molecule has 2 aliphatic heterocycles. The number of hydrogen-bond donors (Lipinski definition) is 1. The summed E-state index contributed by atoms with van der Waals surface area (Å²) in [5.74, 6) is 0.158. The maximum absolute atomic E-state index is 13.4. The second-order valence-electron chi connectivity index (χ2n) is 8.16. The molecule has 1 fully saturated rings.